The van der Waals surface area contributed by atoms with E-state index < -0.39 is 0 Å². The van der Waals surface area contributed by atoms with Gasteiger partial charge in [-0.3, -0.25) is 10.3 Å². The Balaban J connectivity index is 1.59. The molecule has 1 saturated heterocycles. The molecule has 0 bridgehead atoms. The maximum Gasteiger partial charge on any atom is 0.205 e. The first-order valence-corrected chi connectivity index (χ1v) is 8.99. The summed E-state index contributed by atoms with van der Waals surface area (Å²) in [6.45, 7) is 5.02. The fraction of sp³-hybridized carbons (Fsp3) is 0.412. The molecule has 2 heterocycles. The number of halogens is 1. The fourth-order valence-electron chi connectivity index (χ4n) is 2.94. The van der Waals surface area contributed by atoms with E-state index in [1.54, 1.807) is 11.6 Å². The third-order valence-electron chi connectivity index (χ3n) is 4.11. The molecule has 128 valence electrons. The minimum atomic E-state index is -0.185. The molecule has 1 aromatic carbocycles. The lowest BCUT2D eigenvalue weighted by Gasteiger charge is -2.30. The number of piperidine rings is 1. The standard InChI is InChI=1S/C17H22FN5S/c1-12-3-2-6-23(9-12)10-14-5-4-13(7-15(14)18)8-20-22-17-21-16(19)11-24-17/h4-5,7-8,11-12H,2-3,6,9-10,19H2,1H3,(H,21,22). The molecule has 1 fully saturated rings. The van der Waals surface area contributed by atoms with Gasteiger partial charge in [0.15, 0.2) is 0 Å². The van der Waals surface area contributed by atoms with E-state index in [0.29, 0.717) is 29.0 Å². The normalized spacial score (nSPS) is 19.0. The first-order valence-electron chi connectivity index (χ1n) is 8.11. The fourth-order valence-corrected chi connectivity index (χ4v) is 3.49. The second kappa shape index (κ2) is 7.72. The summed E-state index contributed by atoms with van der Waals surface area (Å²) in [6.07, 6.45) is 4.04. The van der Waals surface area contributed by atoms with Gasteiger partial charge >= 0.3 is 0 Å². The van der Waals surface area contributed by atoms with Gasteiger partial charge in [0.2, 0.25) is 5.13 Å². The number of nitrogens with one attached hydrogen (secondary N) is 1. The van der Waals surface area contributed by atoms with Crippen molar-refractivity contribution >= 4 is 28.5 Å². The molecule has 0 saturated carbocycles. The van der Waals surface area contributed by atoms with Crippen molar-refractivity contribution in [3.63, 3.8) is 0 Å². The third-order valence-corrected chi connectivity index (χ3v) is 4.87. The molecule has 1 atom stereocenters. The summed E-state index contributed by atoms with van der Waals surface area (Å²) in [5, 5.41) is 6.40. The Kier molecular flexibility index (Phi) is 5.42. The van der Waals surface area contributed by atoms with Crippen LogP contribution < -0.4 is 11.2 Å². The highest BCUT2D eigenvalue weighted by atomic mass is 32.1. The number of aromatic nitrogens is 1. The SMILES string of the molecule is CC1CCCN(Cc2ccc(C=NNc3nc(N)cs3)cc2F)C1. The average molecular weight is 347 g/mol. The van der Waals surface area contributed by atoms with Crippen LogP contribution in [0.3, 0.4) is 0 Å². The zero-order valence-corrected chi connectivity index (χ0v) is 14.5. The molecule has 7 heteroatoms. The van der Waals surface area contributed by atoms with E-state index in [1.807, 2.05) is 12.1 Å². The first-order chi connectivity index (χ1) is 11.6. The molecule has 5 nitrogen and oxygen atoms in total. The highest BCUT2D eigenvalue weighted by Gasteiger charge is 2.17. The van der Waals surface area contributed by atoms with Crippen molar-refractivity contribution in [2.45, 2.75) is 26.3 Å². The zero-order valence-electron chi connectivity index (χ0n) is 13.7. The number of hydrazone groups is 1. The lowest BCUT2D eigenvalue weighted by Crippen LogP contribution is -2.33. The quantitative estimate of drug-likeness (QED) is 0.641. The van der Waals surface area contributed by atoms with Gasteiger partial charge in [-0.1, -0.05) is 19.1 Å². The number of hydrogen-bond acceptors (Lipinski definition) is 6. The lowest BCUT2D eigenvalue weighted by molar-refractivity contribution is 0.175. The Morgan fingerprint density at radius 3 is 3.12 bits per heavy atom. The number of hydrogen-bond donors (Lipinski definition) is 2. The number of likely N-dealkylation sites (tertiary alicyclic amines) is 1. The third kappa shape index (κ3) is 4.52. The summed E-state index contributed by atoms with van der Waals surface area (Å²) in [4.78, 5) is 6.36. The van der Waals surface area contributed by atoms with Crippen LogP contribution >= 0.6 is 11.3 Å². The molecule has 24 heavy (non-hydrogen) atoms. The molecule has 0 spiro atoms. The number of anilines is 2. The van der Waals surface area contributed by atoms with Crippen LogP contribution in [0.15, 0.2) is 28.7 Å². The van der Waals surface area contributed by atoms with Gasteiger partial charge < -0.3 is 5.73 Å². The minimum Gasteiger partial charge on any atom is -0.383 e. The van der Waals surface area contributed by atoms with Crippen molar-refractivity contribution in [3.8, 4) is 0 Å². The molecule has 0 aliphatic carbocycles. The van der Waals surface area contributed by atoms with Gasteiger partial charge in [0.05, 0.1) is 6.21 Å². The highest BCUT2D eigenvalue weighted by molar-refractivity contribution is 7.14. The van der Waals surface area contributed by atoms with Crippen molar-refractivity contribution in [1.29, 1.82) is 0 Å². The maximum atomic E-state index is 14.3. The van der Waals surface area contributed by atoms with Gasteiger partial charge in [0.25, 0.3) is 0 Å². The molecular weight excluding hydrogens is 325 g/mol. The number of thiazole rings is 1. The molecule has 1 aromatic heterocycles. The topological polar surface area (TPSA) is 66.5 Å². The molecule has 1 aliphatic rings. The Morgan fingerprint density at radius 2 is 2.42 bits per heavy atom. The van der Waals surface area contributed by atoms with E-state index in [2.05, 4.69) is 27.3 Å². The van der Waals surface area contributed by atoms with Gasteiger partial charge in [0, 0.05) is 24.0 Å². The van der Waals surface area contributed by atoms with Gasteiger partial charge in [-0.05, 0) is 36.9 Å². The summed E-state index contributed by atoms with van der Waals surface area (Å²) < 4.78 is 14.3. The van der Waals surface area contributed by atoms with E-state index in [1.165, 1.54) is 30.2 Å². The molecule has 3 N–H and O–H groups in total. The zero-order chi connectivity index (χ0) is 16.9. The largest absolute Gasteiger partial charge is 0.383 e. The summed E-state index contributed by atoms with van der Waals surface area (Å²) >= 11 is 1.37. The molecular formula is C17H22FN5S. The van der Waals surface area contributed by atoms with Crippen molar-refractivity contribution in [2.24, 2.45) is 11.0 Å². The molecule has 2 aromatic rings. The predicted octanol–water partition coefficient (Wildman–Crippen LogP) is 3.54. The first kappa shape index (κ1) is 16.9. The van der Waals surface area contributed by atoms with E-state index in [4.69, 9.17) is 5.73 Å². The Hall–Kier alpha value is -1.99. The van der Waals surface area contributed by atoms with Crippen LogP contribution in [0.5, 0.6) is 0 Å². The minimum absolute atomic E-state index is 0.185. The highest BCUT2D eigenvalue weighted by Crippen LogP contribution is 2.20. The summed E-state index contributed by atoms with van der Waals surface area (Å²) in [5.74, 6) is 0.968. The lowest BCUT2D eigenvalue weighted by atomic mass is 9.99. The van der Waals surface area contributed by atoms with Crippen molar-refractivity contribution in [2.75, 3.05) is 24.2 Å². The number of nitrogen functional groups attached to an aromatic ring is 1. The molecule has 0 amide bonds. The van der Waals surface area contributed by atoms with E-state index in [0.717, 1.165) is 18.7 Å². The van der Waals surface area contributed by atoms with Crippen LogP contribution in [0.25, 0.3) is 0 Å². The average Bonchev–Trinajstić information content (AvgIpc) is 2.95. The smallest absolute Gasteiger partial charge is 0.205 e. The summed E-state index contributed by atoms with van der Waals surface area (Å²) in [5.41, 5.74) is 9.77. The van der Waals surface area contributed by atoms with E-state index >= 15 is 0 Å². The van der Waals surface area contributed by atoms with Crippen LogP contribution in [-0.2, 0) is 6.54 Å². The predicted molar refractivity (Wildman–Crippen MR) is 97.8 cm³/mol. The van der Waals surface area contributed by atoms with Crippen LogP contribution in [-0.4, -0.2) is 29.2 Å². The monoisotopic (exact) mass is 347 g/mol. The molecule has 3 rings (SSSR count). The number of benzene rings is 1. The molecule has 0 radical (unpaired) electrons. The Bertz CT molecular complexity index is 715. The summed E-state index contributed by atoms with van der Waals surface area (Å²) in [7, 11) is 0. The number of nitrogens with zero attached hydrogens (tertiary/aromatic N) is 3. The second-order valence-corrected chi connectivity index (χ2v) is 7.14. The number of rotatable bonds is 5. The van der Waals surface area contributed by atoms with E-state index in [9.17, 15) is 4.39 Å². The van der Waals surface area contributed by atoms with Gasteiger partial charge in [0.1, 0.15) is 11.6 Å². The van der Waals surface area contributed by atoms with Gasteiger partial charge in [-0.2, -0.15) is 5.10 Å². The van der Waals surface area contributed by atoms with Crippen LogP contribution in [0.4, 0.5) is 15.3 Å². The Labute approximate surface area is 145 Å². The van der Waals surface area contributed by atoms with Gasteiger partial charge in [-0.25, -0.2) is 9.37 Å². The van der Waals surface area contributed by atoms with Gasteiger partial charge in [-0.15, -0.1) is 11.3 Å². The summed E-state index contributed by atoms with van der Waals surface area (Å²) in [6, 6.07) is 5.24. The Morgan fingerprint density at radius 1 is 1.54 bits per heavy atom. The maximum absolute atomic E-state index is 14.3. The van der Waals surface area contributed by atoms with Crippen LogP contribution in [0, 0.1) is 11.7 Å². The van der Waals surface area contributed by atoms with Crippen molar-refractivity contribution < 1.29 is 4.39 Å². The van der Waals surface area contributed by atoms with E-state index in [-0.39, 0.29) is 5.82 Å². The number of nitrogens with two attached hydrogens (primary N) is 1. The second-order valence-electron chi connectivity index (χ2n) is 6.28. The molecule has 1 aliphatic heterocycles. The van der Waals surface area contributed by atoms with Crippen molar-refractivity contribution in [1.82, 2.24) is 9.88 Å². The van der Waals surface area contributed by atoms with Crippen LogP contribution in [0.1, 0.15) is 30.9 Å². The van der Waals surface area contributed by atoms with Crippen LogP contribution in [0.2, 0.25) is 0 Å². The van der Waals surface area contributed by atoms with Crippen molar-refractivity contribution in [3.05, 3.63) is 40.5 Å². The molecule has 1 unspecified atom stereocenters.